The second-order valence-electron chi connectivity index (χ2n) is 8.53. The van der Waals surface area contributed by atoms with E-state index in [0.717, 1.165) is 44.1 Å². The maximum Gasteiger partial charge on any atom is 0.155 e. The van der Waals surface area contributed by atoms with Crippen LogP contribution in [0.4, 0.5) is 0 Å². The van der Waals surface area contributed by atoms with Gasteiger partial charge in [-0.05, 0) is 66.9 Å². The molecule has 6 atom stereocenters. The van der Waals surface area contributed by atoms with E-state index in [1.807, 2.05) is 0 Å². The molecule has 3 nitrogen and oxygen atoms in total. The van der Waals surface area contributed by atoms with E-state index in [2.05, 4.69) is 13.8 Å². The van der Waals surface area contributed by atoms with Crippen molar-refractivity contribution in [3.63, 3.8) is 0 Å². The number of hydrogen-bond acceptors (Lipinski definition) is 3. The predicted octanol–water partition coefficient (Wildman–Crippen LogP) is 3.06. The molecular formula is C19H26O3. The van der Waals surface area contributed by atoms with Gasteiger partial charge >= 0.3 is 0 Å². The van der Waals surface area contributed by atoms with E-state index in [4.69, 9.17) is 0 Å². The lowest BCUT2D eigenvalue weighted by Gasteiger charge is -2.58. The molecule has 3 heteroatoms. The number of fused-ring (bicyclic) bond motifs is 5. The van der Waals surface area contributed by atoms with Gasteiger partial charge in [0.25, 0.3) is 0 Å². The minimum absolute atomic E-state index is 0.0385. The van der Waals surface area contributed by atoms with E-state index < -0.39 is 6.10 Å². The van der Waals surface area contributed by atoms with Crippen molar-refractivity contribution in [3.8, 4) is 0 Å². The Morgan fingerprint density at radius 3 is 2.55 bits per heavy atom. The second-order valence-corrected chi connectivity index (χ2v) is 8.53. The fraction of sp³-hybridized carbons (Fsp3) is 0.789. The number of aliphatic hydroxyl groups excluding tert-OH is 1. The average Bonchev–Trinajstić information content (AvgIpc) is 2.77. The van der Waals surface area contributed by atoms with Gasteiger partial charge in [0.2, 0.25) is 0 Å². The Balaban J connectivity index is 1.74. The summed E-state index contributed by atoms with van der Waals surface area (Å²) in [5.74, 6) is 2.01. The lowest BCUT2D eigenvalue weighted by atomic mass is 9.47. The predicted molar refractivity (Wildman–Crippen MR) is 83.1 cm³/mol. The van der Waals surface area contributed by atoms with Crippen molar-refractivity contribution in [3.05, 3.63) is 11.6 Å². The minimum Gasteiger partial charge on any atom is -0.389 e. The fourth-order valence-electron chi connectivity index (χ4n) is 6.38. The Bertz CT molecular complexity index is 577. The van der Waals surface area contributed by atoms with Gasteiger partial charge in [-0.2, -0.15) is 0 Å². The highest BCUT2D eigenvalue weighted by Gasteiger charge is 2.60. The third-order valence-corrected chi connectivity index (χ3v) is 7.69. The quantitative estimate of drug-likeness (QED) is 0.748. The number of Topliss-reactive ketones (excluding diaryl/α,β-unsaturated/α-hetero) is 1. The van der Waals surface area contributed by atoms with Crippen LogP contribution in [0.25, 0.3) is 0 Å². The molecule has 0 spiro atoms. The number of hydrogen-bond donors (Lipinski definition) is 1. The Labute approximate surface area is 132 Å². The summed E-state index contributed by atoms with van der Waals surface area (Å²) in [7, 11) is 0. The zero-order valence-corrected chi connectivity index (χ0v) is 13.6. The number of carbonyl (C=O) groups is 2. The molecule has 0 unspecified atom stereocenters. The Hall–Kier alpha value is -0.960. The first-order valence-corrected chi connectivity index (χ1v) is 8.82. The number of aliphatic hydroxyl groups is 1. The van der Waals surface area contributed by atoms with Crippen molar-refractivity contribution in [2.24, 2.45) is 28.6 Å². The van der Waals surface area contributed by atoms with Crippen molar-refractivity contribution in [2.75, 3.05) is 0 Å². The molecule has 0 aromatic heterocycles. The van der Waals surface area contributed by atoms with Crippen LogP contribution in [0.1, 0.15) is 58.8 Å². The van der Waals surface area contributed by atoms with Crippen LogP contribution in [0.3, 0.4) is 0 Å². The molecule has 22 heavy (non-hydrogen) atoms. The van der Waals surface area contributed by atoms with Gasteiger partial charge in [0.1, 0.15) is 5.78 Å². The highest BCUT2D eigenvalue weighted by Crippen LogP contribution is 2.64. The van der Waals surface area contributed by atoms with Gasteiger partial charge in [0, 0.05) is 18.3 Å². The average molecular weight is 302 g/mol. The van der Waals surface area contributed by atoms with Crippen LogP contribution in [0, 0.1) is 28.6 Å². The first-order valence-electron chi connectivity index (χ1n) is 8.82. The third-order valence-electron chi connectivity index (χ3n) is 7.69. The first kappa shape index (κ1) is 14.6. The van der Waals surface area contributed by atoms with E-state index >= 15 is 0 Å². The summed E-state index contributed by atoms with van der Waals surface area (Å²) in [6.45, 7) is 4.42. The molecule has 4 rings (SSSR count). The zero-order chi connectivity index (χ0) is 15.7. The second kappa shape index (κ2) is 4.53. The van der Waals surface area contributed by atoms with E-state index in [9.17, 15) is 14.7 Å². The van der Waals surface area contributed by atoms with Gasteiger partial charge in [-0.3, -0.25) is 9.59 Å². The maximum atomic E-state index is 12.4. The Morgan fingerprint density at radius 2 is 1.77 bits per heavy atom. The van der Waals surface area contributed by atoms with Crippen LogP contribution in [-0.4, -0.2) is 22.8 Å². The lowest BCUT2D eigenvalue weighted by Crippen LogP contribution is -2.54. The molecular weight excluding hydrogens is 276 g/mol. The monoisotopic (exact) mass is 302 g/mol. The standard InChI is InChI=1S/C19H26O3/c1-18-7-5-11(20)9-15(18)16(21)10-12-13-3-4-17(22)19(13,2)8-6-14(12)18/h9,12-14,16,21H,3-8,10H2,1-2H3/t12-,13+,14+,16+,18+,19-/m0/s1. The Kier molecular flexibility index (Phi) is 3.01. The molecule has 0 radical (unpaired) electrons. The van der Waals surface area contributed by atoms with Crippen molar-refractivity contribution >= 4 is 11.6 Å². The number of carbonyl (C=O) groups excluding carboxylic acids is 2. The lowest BCUT2D eigenvalue weighted by molar-refractivity contribution is -0.134. The molecule has 0 amide bonds. The molecule has 1 N–H and O–H groups in total. The summed E-state index contributed by atoms with van der Waals surface area (Å²) in [4.78, 5) is 24.2. The molecule has 0 aromatic carbocycles. The van der Waals surface area contributed by atoms with Gasteiger partial charge in [-0.15, -0.1) is 0 Å². The van der Waals surface area contributed by atoms with Gasteiger partial charge in [-0.1, -0.05) is 13.8 Å². The van der Waals surface area contributed by atoms with E-state index in [-0.39, 0.29) is 16.6 Å². The Morgan fingerprint density at radius 1 is 1.05 bits per heavy atom. The summed E-state index contributed by atoms with van der Waals surface area (Å²) in [5.41, 5.74) is 0.796. The summed E-state index contributed by atoms with van der Waals surface area (Å²) in [6, 6.07) is 0. The van der Waals surface area contributed by atoms with Crippen LogP contribution in [0.5, 0.6) is 0 Å². The van der Waals surface area contributed by atoms with Crippen molar-refractivity contribution < 1.29 is 14.7 Å². The van der Waals surface area contributed by atoms with E-state index in [1.54, 1.807) is 6.08 Å². The van der Waals surface area contributed by atoms with Crippen LogP contribution in [0.2, 0.25) is 0 Å². The molecule has 0 saturated heterocycles. The van der Waals surface area contributed by atoms with Gasteiger partial charge in [0.05, 0.1) is 6.10 Å². The van der Waals surface area contributed by atoms with E-state index in [1.165, 1.54) is 0 Å². The molecule has 3 saturated carbocycles. The minimum atomic E-state index is -0.492. The van der Waals surface area contributed by atoms with Gasteiger partial charge in [-0.25, -0.2) is 0 Å². The zero-order valence-electron chi connectivity index (χ0n) is 13.6. The number of ketones is 2. The normalized spacial score (nSPS) is 51.0. The fourth-order valence-corrected chi connectivity index (χ4v) is 6.38. The van der Waals surface area contributed by atoms with Gasteiger partial charge in [0.15, 0.2) is 5.78 Å². The largest absolute Gasteiger partial charge is 0.389 e. The SMILES string of the molecule is C[C@]12CCC(=O)C=C1[C@H](O)C[C@@H]1[C@H]2CC[C@]2(C)C(=O)CC[C@H]12. The molecule has 3 fully saturated rings. The van der Waals surface area contributed by atoms with Gasteiger partial charge < -0.3 is 5.11 Å². The molecule has 0 heterocycles. The topological polar surface area (TPSA) is 54.4 Å². The summed E-state index contributed by atoms with van der Waals surface area (Å²) >= 11 is 0. The highest BCUT2D eigenvalue weighted by atomic mass is 16.3. The summed E-state index contributed by atoms with van der Waals surface area (Å²) in [5, 5.41) is 10.7. The maximum absolute atomic E-state index is 12.4. The van der Waals surface area contributed by atoms with Crippen molar-refractivity contribution in [1.29, 1.82) is 0 Å². The molecule has 4 aliphatic carbocycles. The van der Waals surface area contributed by atoms with E-state index in [0.29, 0.717) is 30.0 Å². The molecule has 0 bridgehead atoms. The smallest absolute Gasteiger partial charge is 0.155 e. The van der Waals surface area contributed by atoms with Crippen LogP contribution in [0.15, 0.2) is 11.6 Å². The van der Waals surface area contributed by atoms with Crippen LogP contribution in [-0.2, 0) is 9.59 Å². The van der Waals surface area contributed by atoms with Crippen LogP contribution < -0.4 is 0 Å². The van der Waals surface area contributed by atoms with Crippen LogP contribution >= 0.6 is 0 Å². The summed E-state index contributed by atoms with van der Waals surface area (Å²) in [6.07, 6.45) is 7.24. The summed E-state index contributed by atoms with van der Waals surface area (Å²) < 4.78 is 0. The molecule has 0 aliphatic heterocycles. The third kappa shape index (κ3) is 1.72. The highest BCUT2D eigenvalue weighted by molar-refractivity contribution is 5.92. The number of rotatable bonds is 0. The van der Waals surface area contributed by atoms with Crippen molar-refractivity contribution in [1.82, 2.24) is 0 Å². The molecule has 0 aromatic rings. The molecule has 4 aliphatic rings. The van der Waals surface area contributed by atoms with Crippen molar-refractivity contribution in [2.45, 2.75) is 64.9 Å². The first-order chi connectivity index (χ1) is 10.4. The molecule has 120 valence electrons.